The minimum Gasteiger partial charge on any atom is -0.456 e. The number of ether oxygens (including phenoxy) is 1. The van der Waals surface area contributed by atoms with E-state index in [0.29, 0.717) is 15.7 Å². The number of amides is 1. The van der Waals surface area contributed by atoms with Gasteiger partial charge in [0.05, 0.1) is 15.7 Å². The molecule has 98 valence electrons. The molecule has 1 aromatic rings. The Morgan fingerprint density at radius 2 is 2.00 bits per heavy atom. The zero-order chi connectivity index (χ0) is 13.7. The van der Waals surface area contributed by atoms with Crippen LogP contribution in [0.15, 0.2) is 12.1 Å². The van der Waals surface area contributed by atoms with Gasteiger partial charge in [-0.25, -0.2) is 0 Å². The first-order valence-electron chi connectivity index (χ1n) is 5.35. The molecule has 0 saturated heterocycles. The number of hydrogen-bond acceptors (Lipinski definition) is 3. The van der Waals surface area contributed by atoms with Crippen LogP contribution < -0.4 is 5.32 Å². The summed E-state index contributed by atoms with van der Waals surface area (Å²) in [6, 6.07) is 3.38. The first-order chi connectivity index (χ1) is 8.45. The maximum absolute atomic E-state index is 11.5. The largest absolute Gasteiger partial charge is 0.456 e. The molecule has 4 nitrogen and oxygen atoms in total. The highest BCUT2D eigenvalue weighted by atomic mass is 35.5. The quantitative estimate of drug-likeness (QED) is 0.866. The van der Waals surface area contributed by atoms with Gasteiger partial charge in [0.15, 0.2) is 6.61 Å². The van der Waals surface area contributed by atoms with Crippen LogP contribution in [0.4, 0.5) is 5.69 Å². The highest BCUT2D eigenvalue weighted by molar-refractivity contribution is 6.40. The Morgan fingerprint density at radius 3 is 2.61 bits per heavy atom. The summed E-state index contributed by atoms with van der Waals surface area (Å²) >= 11 is 12.0. The summed E-state index contributed by atoms with van der Waals surface area (Å²) in [5, 5.41) is 3.23. The van der Waals surface area contributed by atoms with Crippen molar-refractivity contribution in [3.8, 4) is 0 Å². The van der Waals surface area contributed by atoms with E-state index in [9.17, 15) is 9.59 Å². The number of rotatable bonds is 4. The van der Waals surface area contributed by atoms with Crippen molar-refractivity contribution in [2.24, 2.45) is 0 Å². The van der Waals surface area contributed by atoms with Crippen LogP contribution in [0.5, 0.6) is 0 Å². The zero-order valence-electron chi connectivity index (χ0n) is 10.0. The molecular weight excluding hydrogens is 277 g/mol. The highest BCUT2D eigenvalue weighted by Crippen LogP contribution is 2.32. The number of hydrogen-bond donors (Lipinski definition) is 1. The lowest BCUT2D eigenvalue weighted by molar-refractivity contribution is -0.146. The van der Waals surface area contributed by atoms with E-state index < -0.39 is 11.9 Å². The van der Waals surface area contributed by atoms with Gasteiger partial charge in [-0.15, -0.1) is 0 Å². The molecule has 0 atom stereocenters. The SMILES string of the molecule is CCC(=O)OCC(=O)Nc1c(Cl)ccc(C)c1Cl. The Hall–Kier alpha value is -1.26. The number of aryl methyl sites for hydroxylation is 1. The van der Waals surface area contributed by atoms with Crippen LogP contribution >= 0.6 is 23.2 Å². The first-order valence-corrected chi connectivity index (χ1v) is 6.11. The predicted octanol–water partition coefficient (Wildman–Crippen LogP) is 3.19. The summed E-state index contributed by atoms with van der Waals surface area (Å²) in [4.78, 5) is 22.4. The second kappa shape index (κ2) is 6.61. The van der Waals surface area contributed by atoms with Crippen LogP contribution in [0.3, 0.4) is 0 Å². The minimum atomic E-state index is -0.480. The maximum Gasteiger partial charge on any atom is 0.306 e. The average Bonchev–Trinajstić information content (AvgIpc) is 2.36. The fourth-order valence-electron chi connectivity index (χ4n) is 1.19. The summed E-state index contributed by atoms with van der Waals surface area (Å²) in [6.45, 7) is 3.09. The Bertz CT molecular complexity index is 475. The van der Waals surface area contributed by atoms with E-state index in [1.165, 1.54) is 0 Å². The van der Waals surface area contributed by atoms with Gasteiger partial charge in [-0.3, -0.25) is 9.59 Å². The van der Waals surface area contributed by atoms with Gasteiger partial charge in [0.2, 0.25) is 0 Å². The monoisotopic (exact) mass is 289 g/mol. The molecule has 0 radical (unpaired) electrons. The van der Waals surface area contributed by atoms with E-state index >= 15 is 0 Å². The molecular formula is C12H13Cl2NO3. The first kappa shape index (κ1) is 14.8. The Morgan fingerprint density at radius 1 is 1.33 bits per heavy atom. The molecule has 0 spiro atoms. The topological polar surface area (TPSA) is 55.4 Å². The molecule has 0 bridgehead atoms. The van der Waals surface area contributed by atoms with E-state index in [1.807, 2.05) is 0 Å². The van der Waals surface area contributed by atoms with Crippen LogP contribution in [-0.4, -0.2) is 18.5 Å². The van der Waals surface area contributed by atoms with Crippen LogP contribution in [0, 0.1) is 6.92 Å². The van der Waals surface area contributed by atoms with E-state index in [1.54, 1.807) is 26.0 Å². The lowest BCUT2D eigenvalue weighted by atomic mass is 10.2. The second-order valence-corrected chi connectivity index (χ2v) is 4.40. The van der Waals surface area contributed by atoms with Gasteiger partial charge < -0.3 is 10.1 Å². The summed E-state index contributed by atoms with van der Waals surface area (Å²) in [7, 11) is 0. The van der Waals surface area contributed by atoms with Crippen LogP contribution in [0.1, 0.15) is 18.9 Å². The van der Waals surface area contributed by atoms with E-state index in [0.717, 1.165) is 5.56 Å². The van der Waals surface area contributed by atoms with E-state index in [4.69, 9.17) is 27.9 Å². The van der Waals surface area contributed by atoms with E-state index in [-0.39, 0.29) is 13.0 Å². The molecule has 0 fully saturated rings. The molecule has 18 heavy (non-hydrogen) atoms. The normalized spacial score (nSPS) is 10.0. The van der Waals surface area contributed by atoms with Crippen molar-refractivity contribution in [1.82, 2.24) is 0 Å². The maximum atomic E-state index is 11.5. The summed E-state index contributed by atoms with van der Waals surface area (Å²) in [5.41, 5.74) is 1.12. The molecule has 1 amide bonds. The van der Waals surface area contributed by atoms with Gasteiger partial charge >= 0.3 is 5.97 Å². The van der Waals surface area contributed by atoms with Crippen LogP contribution in [-0.2, 0) is 14.3 Å². The van der Waals surface area contributed by atoms with Crippen molar-refractivity contribution in [2.75, 3.05) is 11.9 Å². The Kier molecular flexibility index (Phi) is 5.44. The van der Waals surface area contributed by atoms with E-state index in [2.05, 4.69) is 5.32 Å². The molecule has 0 aliphatic heterocycles. The van der Waals surface area contributed by atoms with Crippen molar-refractivity contribution in [2.45, 2.75) is 20.3 Å². The summed E-state index contributed by atoms with van der Waals surface area (Å²) in [6.07, 6.45) is 0.221. The number of carbonyl (C=O) groups excluding carboxylic acids is 2. The number of benzene rings is 1. The number of esters is 1. The highest BCUT2D eigenvalue weighted by Gasteiger charge is 2.12. The zero-order valence-corrected chi connectivity index (χ0v) is 11.6. The van der Waals surface area contributed by atoms with Gasteiger partial charge in [-0.1, -0.05) is 36.2 Å². The van der Waals surface area contributed by atoms with Crippen molar-refractivity contribution in [1.29, 1.82) is 0 Å². The number of halogens is 2. The van der Waals surface area contributed by atoms with Gasteiger partial charge in [0.1, 0.15) is 0 Å². The van der Waals surface area contributed by atoms with Crippen molar-refractivity contribution in [3.63, 3.8) is 0 Å². The minimum absolute atomic E-state index is 0.221. The molecule has 1 aromatic carbocycles. The molecule has 0 heterocycles. The molecule has 1 rings (SSSR count). The van der Waals surface area contributed by atoms with Crippen molar-refractivity contribution >= 4 is 40.8 Å². The number of nitrogens with one attached hydrogen (secondary N) is 1. The van der Waals surface area contributed by atoms with Crippen LogP contribution in [0.2, 0.25) is 10.0 Å². The molecule has 0 aliphatic rings. The lowest BCUT2D eigenvalue weighted by Crippen LogP contribution is -2.21. The molecule has 0 saturated carbocycles. The molecule has 0 unspecified atom stereocenters. The molecule has 0 aliphatic carbocycles. The fourth-order valence-corrected chi connectivity index (χ4v) is 1.66. The van der Waals surface area contributed by atoms with Crippen LogP contribution in [0.25, 0.3) is 0 Å². The molecule has 0 aromatic heterocycles. The predicted molar refractivity (Wildman–Crippen MR) is 71.1 cm³/mol. The lowest BCUT2D eigenvalue weighted by Gasteiger charge is -2.11. The molecule has 1 N–H and O–H groups in total. The van der Waals surface area contributed by atoms with Gasteiger partial charge in [-0.2, -0.15) is 0 Å². The van der Waals surface area contributed by atoms with Gasteiger partial charge in [0.25, 0.3) is 5.91 Å². The third kappa shape index (κ3) is 3.89. The third-order valence-electron chi connectivity index (χ3n) is 2.20. The van der Waals surface area contributed by atoms with Gasteiger partial charge in [0, 0.05) is 6.42 Å². The average molecular weight is 290 g/mol. The summed E-state index contributed by atoms with van der Waals surface area (Å²) < 4.78 is 4.70. The molecule has 6 heteroatoms. The van der Waals surface area contributed by atoms with Crippen molar-refractivity contribution < 1.29 is 14.3 Å². The third-order valence-corrected chi connectivity index (χ3v) is 3.00. The summed E-state index contributed by atoms with van der Waals surface area (Å²) in [5.74, 6) is -0.919. The number of carbonyl (C=O) groups is 2. The van der Waals surface area contributed by atoms with Gasteiger partial charge in [-0.05, 0) is 18.6 Å². The van der Waals surface area contributed by atoms with Crippen molar-refractivity contribution in [3.05, 3.63) is 27.7 Å². The fraction of sp³-hybridized carbons (Fsp3) is 0.333. The standard InChI is InChI=1S/C12H13Cl2NO3/c1-3-10(17)18-6-9(16)15-12-8(13)5-4-7(2)11(12)14/h4-5H,3,6H2,1-2H3,(H,15,16). The smallest absolute Gasteiger partial charge is 0.306 e. The second-order valence-electron chi connectivity index (χ2n) is 3.62. The number of anilines is 1. The Labute approximate surface area is 115 Å². The Balaban J connectivity index is 2.70.